The van der Waals surface area contributed by atoms with Crippen LogP contribution in [0.1, 0.15) is 38.2 Å². The van der Waals surface area contributed by atoms with E-state index in [1.165, 1.54) is 20.0 Å². The summed E-state index contributed by atoms with van der Waals surface area (Å²) in [5.74, 6) is 2.19. The van der Waals surface area contributed by atoms with Crippen molar-refractivity contribution >= 4 is 35.9 Å². The Bertz CT molecular complexity index is 641. The van der Waals surface area contributed by atoms with Gasteiger partial charge in [0.2, 0.25) is 5.88 Å². The molecule has 1 aromatic heterocycles. The lowest BCUT2D eigenvalue weighted by atomic mass is 9.97. The van der Waals surface area contributed by atoms with Crippen LogP contribution in [0.15, 0.2) is 23.3 Å². The van der Waals surface area contributed by atoms with Gasteiger partial charge in [0, 0.05) is 31.9 Å². The van der Waals surface area contributed by atoms with E-state index in [1.54, 1.807) is 0 Å². The number of guanidine groups is 1. The number of methoxy groups -OCH3 is 1. The van der Waals surface area contributed by atoms with Gasteiger partial charge in [0.15, 0.2) is 5.96 Å². The first-order valence-corrected chi connectivity index (χ1v) is 9.88. The minimum Gasteiger partial charge on any atom is -0.477 e. The van der Waals surface area contributed by atoms with Crippen molar-refractivity contribution in [3.05, 3.63) is 23.9 Å². The molecular weight excluding hydrogens is 471 g/mol. The van der Waals surface area contributed by atoms with E-state index in [1.807, 2.05) is 18.3 Å². The normalized spacial score (nSPS) is 17.6. The smallest absolute Gasteiger partial charge is 0.308 e. The molecule has 3 rings (SSSR count). The fourth-order valence-corrected chi connectivity index (χ4v) is 3.16. The SMILES string of the molecule is CCNC(=NCc1ccc(OCC2CC2)nc1)N1CCC(C(=O)OC)CC1.I. The van der Waals surface area contributed by atoms with E-state index in [9.17, 15) is 4.79 Å². The Morgan fingerprint density at radius 2 is 2.04 bits per heavy atom. The van der Waals surface area contributed by atoms with Crippen LogP contribution in [0, 0.1) is 11.8 Å². The van der Waals surface area contributed by atoms with Crippen molar-refractivity contribution in [3.8, 4) is 5.88 Å². The van der Waals surface area contributed by atoms with Gasteiger partial charge in [0.05, 0.1) is 26.2 Å². The topological polar surface area (TPSA) is 76.1 Å². The van der Waals surface area contributed by atoms with Crippen LogP contribution in [0.4, 0.5) is 0 Å². The molecule has 1 N–H and O–H groups in total. The van der Waals surface area contributed by atoms with Gasteiger partial charge in [0.25, 0.3) is 0 Å². The maximum Gasteiger partial charge on any atom is 0.308 e. The maximum atomic E-state index is 11.7. The predicted octanol–water partition coefficient (Wildman–Crippen LogP) is 2.84. The van der Waals surface area contributed by atoms with Gasteiger partial charge in [-0.1, -0.05) is 6.07 Å². The number of esters is 1. The molecule has 1 aromatic rings. The van der Waals surface area contributed by atoms with Crippen LogP contribution >= 0.6 is 24.0 Å². The zero-order valence-electron chi connectivity index (χ0n) is 16.7. The molecule has 2 aliphatic rings. The van der Waals surface area contributed by atoms with Crippen molar-refractivity contribution in [3.63, 3.8) is 0 Å². The Hall–Kier alpha value is -1.58. The molecule has 1 saturated carbocycles. The van der Waals surface area contributed by atoms with Gasteiger partial charge in [-0.25, -0.2) is 9.98 Å². The van der Waals surface area contributed by atoms with E-state index >= 15 is 0 Å². The lowest BCUT2D eigenvalue weighted by molar-refractivity contribution is -0.146. The molecule has 2 fully saturated rings. The second-order valence-electron chi connectivity index (χ2n) is 7.21. The first kappa shape index (κ1) is 22.7. The van der Waals surface area contributed by atoms with Gasteiger partial charge in [-0.3, -0.25) is 4.79 Å². The third-order valence-corrected chi connectivity index (χ3v) is 5.04. The highest BCUT2D eigenvalue weighted by Crippen LogP contribution is 2.29. The molecule has 1 aliphatic heterocycles. The molecule has 1 aliphatic carbocycles. The van der Waals surface area contributed by atoms with E-state index in [0.29, 0.717) is 12.4 Å². The Kier molecular flexibility index (Phi) is 9.27. The van der Waals surface area contributed by atoms with Crippen LogP contribution in [0.3, 0.4) is 0 Å². The van der Waals surface area contributed by atoms with Crippen molar-refractivity contribution in [1.82, 2.24) is 15.2 Å². The van der Waals surface area contributed by atoms with Crippen molar-refractivity contribution in [2.24, 2.45) is 16.8 Å². The van der Waals surface area contributed by atoms with Crippen LogP contribution in [0.2, 0.25) is 0 Å². The Labute approximate surface area is 184 Å². The number of nitrogens with one attached hydrogen (secondary N) is 1. The number of nitrogens with zero attached hydrogens (tertiary/aromatic N) is 3. The summed E-state index contributed by atoms with van der Waals surface area (Å²) in [4.78, 5) is 23.0. The van der Waals surface area contributed by atoms with E-state index in [2.05, 4.69) is 22.1 Å². The molecule has 0 bridgehead atoms. The van der Waals surface area contributed by atoms with Gasteiger partial charge >= 0.3 is 5.97 Å². The first-order chi connectivity index (χ1) is 13.2. The number of pyridine rings is 1. The molecule has 0 aromatic carbocycles. The standard InChI is InChI=1S/C20H30N4O3.HI/c1-3-21-20(24-10-8-17(9-11-24)19(25)26-2)23-13-16-6-7-18(22-12-16)27-14-15-4-5-15;/h6-7,12,15,17H,3-5,8-11,13-14H2,1-2H3,(H,21,23);1H. The molecule has 8 heteroatoms. The fraction of sp³-hybridized carbons (Fsp3) is 0.650. The number of piperidine rings is 1. The number of ether oxygens (including phenoxy) is 2. The zero-order valence-corrected chi connectivity index (χ0v) is 19.1. The Morgan fingerprint density at radius 1 is 1.29 bits per heavy atom. The van der Waals surface area contributed by atoms with E-state index in [0.717, 1.165) is 56.5 Å². The Balaban J connectivity index is 0.00000280. The van der Waals surface area contributed by atoms with Crippen molar-refractivity contribution in [1.29, 1.82) is 0 Å². The highest BCUT2D eigenvalue weighted by Gasteiger charge is 2.27. The fourth-order valence-electron chi connectivity index (χ4n) is 3.16. The van der Waals surface area contributed by atoms with Crippen LogP contribution in [0.25, 0.3) is 0 Å². The molecule has 156 valence electrons. The summed E-state index contributed by atoms with van der Waals surface area (Å²) < 4.78 is 10.5. The van der Waals surface area contributed by atoms with Crippen molar-refractivity contribution in [2.45, 2.75) is 39.2 Å². The summed E-state index contributed by atoms with van der Waals surface area (Å²) >= 11 is 0. The number of carbonyl (C=O) groups excluding carboxylic acids is 1. The van der Waals surface area contributed by atoms with Gasteiger partial charge in [-0.15, -0.1) is 24.0 Å². The molecule has 2 heterocycles. The van der Waals surface area contributed by atoms with E-state index in [4.69, 9.17) is 14.5 Å². The summed E-state index contributed by atoms with van der Waals surface area (Å²) in [6, 6.07) is 3.94. The predicted molar refractivity (Wildman–Crippen MR) is 119 cm³/mol. The lowest BCUT2D eigenvalue weighted by Crippen LogP contribution is -2.46. The number of halogens is 1. The Morgan fingerprint density at radius 3 is 2.61 bits per heavy atom. The molecule has 0 atom stereocenters. The van der Waals surface area contributed by atoms with Gasteiger partial charge < -0.3 is 19.7 Å². The second-order valence-corrected chi connectivity index (χ2v) is 7.21. The third-order valence-electron chi connectivity index (χ3n) is 5.04. The average Bonchev–Trinajstić information content (AvgIpc) is 3.54. The third kappa shape index (κ3) is 6.79. The number of aliphatic imine (C=N–C) groups is 1. The summed E-state index contributed by atoms with van der Waals surface area (Å²) in [7, 11) is 1.45. The highest BCUT2D eigenvalue weighted by atomic mass is 127. The molecule has 0 radical (unpaired) electrons. The lowest BCUT2D eigenvalue weighted by Gasteiger charge is -2.33. The van der Waals surface area contributed by atoms with E-state index in [-0.39, 0.29) is 35.9 Å². The first-order valence-electron chi connectivity index (χ1n) is 9.88. The highest BCUT2D eigenvalue weighted by molar-refractivity contribution is 14.0. The van der Waals surface area contributed by atoms with Gasteiger partial charge in [0.1, 0.15) is 0 Å². The molecule has 28 heavy (non-hydrogen) atoms. The number of hydrogen-bond acceptors (Lipinski definition) is 5. The van der Waals surface area contributed by atoms with Crippen molar-refractivity contribution in [2.75, 3.05) is 33.4 Å². The quantitative estimate of drug-likeness (QED) is 0.268. The van der Waals surface area contributed by atoms with Crippen LogP contribution in [-0.2, 0) is 16.1 Å². The summed E-state index contributed by atoms with van der Waals surface area (Å²) in [5.41, 5.74) is 1.05. The van der Waals surface area contributed by atoms with Gasteiger partial charge in [-0.2, -0.15) is 0 Å². The molecular formula is C20H31IN4O3. The van der Waals surface area contributed by atoms with E-state index < -0.39 is 0 Å². The molecule has 1 saturated heterocycles. The summed E-state index contributed by atoms with van der Waals surface area (Å²) in [6.07, 6.45) is 5.98. The summed E-state index contributed by atoms with van der Waals surface area (Å²) in [6.45, 7) is 5.81. The number of hydrogen-bond donors (Lipinski definition) is 1. The number of carbonyl (C=O) groups is 1. The molecule has 0 unspecified atom stereocenters. The van der Waals surface area contributed by atoms with Gasteiger partial charge in [-0.05, 0) is 44.1 Å². The second kappa shape index (κ2) is 11.4. The van der Waals surface area contributed by atoms with Crippen LogP contribution < -0.4 is 10.1 Å². The van der Waals surface area contributed by atoms with Crippen LogP contribution in [-0.4, -0.2) is 55.2 Å². The monoisotopic (exact) mass is 502 g/mol. The number of rotatable bonds is 7. The summed E-state index contributed by atoms with van der Waals surface area (Å²) in [5, 5.41) is 3.35. The zero-order chi connectivity index (χ0) is 19.1. The maximum absolute atomic E-state index is 11.7. The number of aromatic nitrogens is 1. The minimum atomic E-state index is -0.105. The average molecular weight is 502 g/mol. The number of likely N-dealkylation sites (tertiary alicyclic amines) is 1. The van der Waals surface area contributed by atoms with Crippen molar-refractivity contribution < 1.29 is 14.3 Å². The largest absolute Gasteiger partial charge is 0.477 e. The molecule has 0 amide bonds. The molecule has 7 nitrogen and oxygen atoms in total. The van der Waals surface area contributed by atoms with Crippen LogP contribution in [0.5, 0.6) is 5.88 Å². The minimum absolute atomic E-state index is 0. The molecule has 0 spiro atoms.